The molecule has 0 aliphatic rings. The maximum atomic E-state index is 9.61. The molecule has 1 atom stereocenters. The minimum atomic E-state index is -0.665. The molecule has 1 heterocycles. The molecule has 0 radical (unpaired) electrons. The van der Waals surface area contributed by atoms with E-state index in [1.54, 1.807) is 25.2 Å². The number of nitrogens with zero attached hydrogens (tertiary/aromatic N) is 1. The van der Waals surface area contributed by atoms with Gasteiger partial charge in [-0.2, -0.15) is 0 Å². The van der Waals surface area contributed by atoms with Crippen LogP contribution in [-0.4, -0.2) is 22.2 Å². The standard InChI is InChI=1S/C11H20N2OS/c1-7(12-6-11(4,5)14)10-8(2)13-9(3)15-10/h7,12,14H,6H2,1-5H3. The van der Waals surface area contributed by atoms with Crippen LogP contribution in [0.5, 0.6) is 0 Å². The van der Waals surface area contributed by atoms with Crippen LogP contribution in [-0.2, 0) is 0 Å². The van der Waals surface area contributed by atoms with Crippen molar-refractivity contribution in [3.8, 4) is 0 Å². The van der Waals surface area contributed by atoms with Crippen LogP contribution in [0, 0.1) is 13.8 Å². The average molecular weight is 228 g/mol. The maximum Gasteiger partial charge on any atom is 0.0900 e. The van der Waals surface area contributed by atoms with E-state index in [0.717, 1.165) is 10.7 Å². The van der Waals surface area contributed by atoms with Gasteiger partial charge in [0.05, 0.1) is 16.3 Å². The van der Waals surface area contributed by atoms with Gasteiger partial charge in [0.2, 0.25) is 0 Å². The summed E-state index contributed by atoms with van der Waals surface area (Å²) >= 11 is 1.72. The summed E-state index contributed by atoms with van der Waals surface area (Å²) in [6.07, 6.45) is 0. The SMILES string of the molecule is Cc1nc(C)c(C(C)NCC(C)(C)O)s1. The van der Waals surface area contributed by atoms with E-state index in [0.29, 0.717) is 6.54 Å². The summed E-state index contributed by atoms with van der Waals surface area (Å²) in [5.41, 5.74) is 0.426. The maximum absolute atomic E-state index is 9.61. The number of aromatic nitrogens is 1. The number of hydrogen-bond donors (Lipinski definition) is 2. The summed E-state index contributed by atoms with van der Waals surface area (Å²) in [4.78, 5) is 5.65. The molecule has 0 spiro atoms. The third kappa shape index (κ3) is 3.89. The minimum absolute atomic E-state index is 0.252. The lowest BCUT2D eigenvalue weighted by atomic mass is 10.1. The van der Waals surface area contributed by atoms with Crippen molar-refractivity contribution >= 4 is 11.3 Å². The van der Waals surface area contributed by atoms with Crippen molar-refractivity contribution in [1.29, 1.82) is 0 Å². The van der Waals surface area contributed by atoms with Gasteiger partial charge in [-0.25, -0.2) is 4.98 Å². The fraction of sp³-hybridized carbons (Fsp3) is 0.727. The van der Waals surface area contributed by atoms with Crippen LogP contribution in [0.25, 0.3) is 0 Å². The Morgan fingerprint density at radius 1 is 1.47 bits per heavy atom. The van der Waals surface area contributed by atoms with Crippen LogP contribution in [0.15, 0.2) is 0 Å². The molecule has 0 aliphatic heterocycles. The molecule has 0 saturated carbocycles. The van der Waals surface area contributed by atoms with Crippen LogP contribution in [0.4, 0.5) is 0 Å². The van der Waals surface area contributed by atoms with Crippen molar-refractivity contribution in [3.05, 3.63) is 15.6 Å². The van der Waals surface area contributed by atoms with Gasteiger partial charge in [0.25, 0.3) is 0 Å². The third-order valence-corrected chi connectivity index (χ3v) is 3.43. The predicted octanol–water partition coefficient (Wildman–Crippen LogP) is 2.18. The number of aliphatic hydroxyl groups is 1. The molecule has 0 aromatic carbocycles. The highest BCUT2D eigenvalue weighted by atomic mass is 32.1. The first-order valence-corrected chi connectivity index (χ1v) is 6.01. The Hall–Kier alpha value is -0.450. The number of aryl methyl sites for hydroxylation is 2. The molecule has 86 valence electrons. The average Bonchev–Trinajstić information content (AvgIpc) is 2.40. The van der Waals surface area contributed by atoms with Crippen LogP contribution in [0.2, 0.25) is 0 Å². The molecule has 3 nitrogen and oxygen atoms in total. The zero-order chi connectivity index (χ0) is 11.6. The van der Waals surface area contributed by atoms with E-state index in [-0.39, 0.29) is 6.04 Å². The van der Waals surface area contributed by atoms with E-state index in [9.17, 15) is 5.11 Å². The van der Waals surface area contributed by atoms with Crippen LogP contribution in [0.3, 0.4) is 0 Å². The van der Waals surface area contributed by atoms with Gasteiger partial charge in [0, 0.05) is 17.5 Å². The topological polar surface area (TPSA) is 45.2 Å². The quantitative estimate of drug-likeness (QED) is 0.830. The Labute approximate surface area is 95.6 Å². The lowest BCUT2D eigenvalue weighted by Crippen LogP contribution is -2.36. The summed E-state index contributed by atoms with van der Waals surface area (Å²) in [6.45, 7) is 10.3. The lowest BCUT2D eigenvalue weighted by molar-refractivity contribution is 0.0771. The molecule has 0 amide bonds. The molecular formula is C11H20N2OS. The fourth-order valence-electron chi connectivity index (χ4n) is 1.44. The number of rotatable bonds is 4. The molecule has 1 rings (SSSR count). The van der Waals surface area contributed by atoms with Crippen LogP contribution >= 0.6 is 11.3 Å². The first kappa shape index (κ1) is 12.6. The Balaban J connectivity index is 2.61. The molecule has 0 bridgehead atoms. The second-order valence-electron chi connectivity index (χ2n) is 4.60. The van der Waals surface area contributed by atoms with E-state index >= 15 is 0 Å². The molecule has 1 aromatic rings. The van der Waals surface area contributed by atoms with Crippen molar-refractivity contribution in [1.82, 2.24) is 10.3 Å². The molecular weight excluding hydrogens is 208 g/mol. The van der Waals surface area contributed by atoms with Crippen molar-refractivity contribution in [3.63, 3.8) is 0 Å². The lowest BCUT2D eigenvalue weighted by Gasteiger charge is -2.21. The summed E-state index contributed by atoms with van der Waals surface area (Å²) in [6, 6.07) is 0.252. The minimum Gasteiger partial charge on any atom is -0.389 e. The van der Waals surface area contributed by atoms with Crippen molar-refractivity contribution in [2.45, 2.75) is 46.3 Å². The molecule has 2 N–H and O–H groups in total. The van der Waals surface area contributed by atoms with E-state index in [2.05, 4.69) is 17.2 Å². The normalized spacial score (nSPS) is 14.3. The second kappa shape index (κ2) is 4.60. The van der Waals surface area contributed by atoms with E-state index in [4.69, 9.17) is 0 Å². The van der Waals surface area contributed by atoms with E-state index in [1.165, 1.54) is 4.88 Å². The first-order valence-electron chi connectivity index (χ1n) is 5.19. The molecule has 1 unspecified atom stereocenters. The van der Waals surface area contributed by atoms with Crippen molar-refractivity contribution < 1.29 is 5.11 Å². The first-order chi connectivity index (χ1) is 6.79. The molecule has 4 heteroatoms. The van der Waals surface area contributed by atoms with E-state index < -0.39 is 5.60 Å². The van der Waals surface area contributed by atoms with Gasteiger partial charge in [-0.05, 0) is 34.6 Å². The van der Waals surface area contributed by atoms with Gasteiger partial charge in [-0.15, -0.1) is 11.3 Å². The zero-order valence-electron chi connectivity index (χ0n) is 10.1. The highest BCUT2D eigenvalue weighted by Crippen LogP contribution is 2.24. The summed E-state index contributed by atoms with van der Waals surface area (Å²) in [5.74, 6) is 0. The van der Waals surface area contributed by atoms with Crippen LogP contribution < -0.4 is 5.32 Å². The van der Waals surface area contributed by atoms with Crippen LogP contribution in [0.1, 0.15) is 42.4 Å². The highest BCUT2D eigenvalue weighted by Gasteiger charge is 2.17. The molecule has 0 fully saturated rings. The van der Waals surface area contributed by atoms with Crippen molar-refractivity contribution in [2.75, 3.05) is 6.54 Å². The van der Waals surface area contributed by atoms with Gasteiger partial charge in [0.1, 0.15) is 0 Å². The summed E-state index contributed by atoms with van der Waals surface area (Å²) in [7, 11) is 0. The van der Waals surface area contributed by atoms with Gasteiger partial charge in [0.15, 0.2) is 0 Å². The monoisotopic (exact) mass is 228 g/mol. The van der Waals surface area contributed by atoms with Gasteiger partial charge in [-0.1, -0.05) is 0 Å². The Bertz CT molecular complexity index is 328. The fourth-order valence-corrected chi connectivity index (χ4v) is 2.40. The smallest absolute Gasteiger partial charge is 0.0900 e. The molecule has 15 heavy (non-hydrogen) atoms. The molecule has 0 saturated heterocycles. The van der Waals surface area contributed by atoms with Gasteiger partial charge < -0.3 is 10.4 Å². The Kier molecular flexibility index (Phi) is 3.87. The van der Waals surface area contributed by atoms with Gasteiger partial charge >= 0.3 is 0 Å². The number of nitrogens with one attached hydrogen (secondary N) is 1. The largest absolute Gasteiger partial charge is 0.389 e. The second-order valence-corrected chi connectivity index (χ2v) is 5.83. The predicted molar refractivity (Wildman–Crippen MR) is 64.3 cm³/mol. The van der Waals surface area contributed by atoms with Gasteiger partial charge in [-0.3, -0.25) is 0 Å². The molecule has 0 aliphatic carbocycles. The van der Waals surface area contributed by atoms with E-state index in [1.807, 2.05) is 13.8 Å². The molecule has 1 aromatic heterocycles. The summed E-state index contributed by atoms with van der Waals surface area (Å²) in [5, 5.41) is 14.0. The number of thiazole rings is 1. The Morgan fingerprint density at radius 2 is 2.07 bits per heavy atom. The Morgan fingerprint density at radius 3 is 2.47 bits per heavy atom. The highest BCUT2D eigenvalue weighted by molar-refractivity contribution is 7.11. The van der Waals surface area contributed by atoms with Crippen molar-refractivity contribution in [2.24, 2.45) is 0 Å². The third-order valence-electron chi connectivity index (χ3n) is 2.17. The zero-order valence-corrected chi connectivity index (χ0v) is 10.9. The summed E-state index contributed by atoms with van der Waals surface area (Å²) < 4.78 is 0. The number of hydrogen-bond acceptors (Lipinski definition) is 4.